The minimum atomic E-state index is -0.249. The average molecular weight is 258 g/mol. The van der Waals surface area contributed by atoms with E-state index >= 15 is 0 Å². The third-order valence-electron chi connectivity index (χ3n) is 3.32. The molecular formula is C16H19FN2. The maximum Gasteiger partial charge on any atom is 0.147 e. The smallest absolute Gasteiger partial charge is 0.147 e. The molecule has 0 amide bonds. The van der Waals surface area contributed by atoms with Gasteiger partial charge in [0.15, 0.2) is 0 Å². The second-order valence-electron chi connectivity index (χ2n) is 4.81. The van der Waals surface area contributed by atoms with Gasteiger partial charge in [0.1, 0.15) is 5.82 Å². The van der Waals surface area contributed by atoms with E-state index < -0.39 is 0 Å². The zero-order valence-corrected chi connectivity index (χ0v) is 11.5. The van der Waals surface area contributed by atoms with Crippen LogP contribution in [0.5, 0.6) is 0 Å². The number of rotatable bonds is 3. The zero-order valence-electron chi connectivity index (χ0n) is 11.5. The van der Waals surface area contributed by atoms with Crippen molar-refractivity contribution in [1.82, 2.24) is 0 Å². The Bertz CT molecular complexity index is 579. The molecule has 2 rings (SSSR count). The molecule has 0 radical (unpaired) electrons. The molecule has 0 bridgehead atoms. The lowest BCUT2D eigenvalue weighted by atomic mass is 10.0. The van der Waals surface area contributed by atoms with E-state index in [9.17, 15) is 4.39 Å². The van der Waals surface area contributed by atoms with Gasteiger partial charge in [-0.15, -0.1) is 0 Å². The largest absolute Gasteiger partial charge is 0.342 e. The van der Waals surface area contributed by atoms with Gasteiger partial charge in [0.25, 0.3) is 0 Å². The number of nitrogens with zero attached hydrogens (tertiary/aromatic N) is 1. The first kappa shape index (κ1) is 13.6. The van der Waals surface area contributed by atoms with Crippen LogP contribution < -0.4 is 10.6 Å². The number of para-hydroxylation sites is 2. The topological polar surface area (TPSA) is 29.3 Å². The molecule has 0 spiro atoms. The molecule has 0 saturated carbocycles. The summed E-state index contributed by atoms with van der Waals surface area (Å²) in [7, 11) is 1.87. The van der Waals surface area contributed by atoms with Gasteiger partial charge in [-0.3, -0.25) is 0 Å². The Morgan fingerprint density at radius 2 is 1.79 bits per heavy atom. The number of hydrogen-bond acceptors (Lipinski definition) is 2. The molecule has 0 saturated heterocycles. The lowest BCUT2D eigenvalue weighted by Crippen LogP contribution is -2.18. The summed E-state index contributed by atoms with van der Waals surface area (Å²) >= 11 is 0. The third kappa shape index (κ3) is 2.61. The fraction of sp³-hybridized carbons (Fsp3) is 0.250. The zero-order chi connectivity index (χ0) is 14.0. The Morgan fingerprint density at radius 3 is 2.42 bits per heavy atom. The second kappa shape index (κ2) is 5.41. The average Bonchev–Trinajstić information content (AvgIpc) is 2.38. The van der Waals surface area contributed by atoms with Gasteiger partial charge in [-0.05, 0) is 37.1 Å². The van der Waals surface area contributed by atoms with E-state index in [0.29, 0.717) is 5.69 Å². The van der Waals surface area contributed by atoms with Crippen LogP contribution in [0.2, 0.25) is 0 Å². The van der Waals surface area contributed by atoms with Crippen molar-refractivity contribution in [2.75, 3.05) is 11.9 Å². The monoisotopic (exact) mass is 258 g/mol. The van der Waals surface area contributed by atoms with Gasteiger partial charge >= 0.3 is 0 Å². The summed E-state index contributed by atoms with van der Waals surface area (Å²) in [4.78, 5) is 1.86. The van der Waals surface area contributed by atoms with Crippen LogP contribution in [0.1, 0.15) is 24.1 Å². The Labute approximate surface area is 113 Å². The number of benzene rings is 2. The lowest BCUT2D eigenvalue weighted by molar-refractivity contribution is 0.622. The van der Waals surface area contributed by atoms with Crippen LogP contribution in [0, 0.1) is 12.7 Å². The molecule has 0 aliphatic heterocycles. The van der Waals surface area contributed by atoms with Gasteiger partial charge in [0.2, 0.25) is 0 Å². The van der Waals surface area contributed by atoms with Crippen LogP contribution in [-0.2, 0) is 0 Å². The maximum atomic E-state index is 14.2. The summed E-state index contributed by atoms with van der Waals surface area (Å²) in [5, 5.41) is 0. The van der Waals surface area contributed by atoms with Gasteiger partial charge in [-0.25, -0.2) is 4.39 Å². The molecule has 3 heteroatoms. The van der Waals surface area contributed by atoms with E-state index in [4.69, 9.17) is 5.73 Å². The quantitative estimate of drug-likeness (QED) is 0.904. The van der Waals surface area contributed by atoms with Gasteiger partial charge in [0.05, 0.1) is 5.69 Å². The summed E-state index contributed by atoms with van der Waals surface area (Å²) in [5.74, 6) is -0.249. The molecule has 19 heavy (non-hydrogen) atoms. The third-order valence-corrected chi connectivity index (χ3v) is 3.32. The summed E-state index contributed by atoms with van der Waals surface area (Å²) in [6, 6.07) is 12.7. The summed E-state index contributed by atoms with van der Waals surface area (Å²) in [6.07, 6.45) is 0. The van der Waals surface area contributed by atoms with Crippen LogP contribution in [0.15, 0.2) is 42.5 Å². The van der Waals surface area contributed by atoms with Gasteiger partial charge in [0, 0.05) is 18.8 Å². The van der Waals surface area contributed by atoms with E-state index in [1.54, 1.807) is 6.07 Å². The van der Waals surface area contributed by atoms with Crippen LogP contribution in [-0.4, -0.2) is 7.05 Å². The van der Waals surface area contributed by atoms with E-state index in [2.05, 4.69) is 0 Å². The Kier molecular flexibility index (Phi) is 3.86. The fourth-order valence-electron chi connectivity index (χ4n) is 2.31. The lowest BCUT2D eigenvalue weighted by Gasteiger charge is -2.26. The van der Waals surface area contributed by atoms with Crippen molar-refractivity contribution in [2.45, 2.75) is 19.9 Å². The Hall–Kier alpha value is -1.87. The van der Waals surface area contributed by atoms with E-state index in [1.807, 2.05) is 56.1 Å². The second-order valence-corrected chi connectivity index (χ2v) is 4.81. The Morgan fingerprint density at radius 1 is 1.11 bits per heavy atom. The van der Waals surface area contributed by atoms with Crippen LogP contribution in [0.3, 0.4) is 0 Å². The van der Waals surface area contributed by atoms with Crippen molar-refractivity contribution in [1.29, 1.82) is 0 Å². The molecule has 1 unspecified atom stereocenters. The molecule has 0 aromatic heterocycles. The Balaban J connectivity index is 2.56. The molecule has 0 aliphatic rings. The molecule has 1 atom stereocenters. The van der Waals surface area contributed by atoms with Gasteiger partial charge in [-0.1, -0.05) is 30.3 Å². The van der Waals surface area contributed by atoms with Crippen molar-refractivity contribution in [3.8, 4) is 0 Å². The molecular weight excluding hydrogens is 239 g/mol. The first-order valence-electron chi connectivity index (χ1n) is 6.35. The van der Waals surface area contributed by atoms with Crippen LogP contribution in [0.4, 0.5) is 15.8 Å². The molecule has 2 N–H and O–H groups in total. The van der Waals surface area contributed by atoms with Gasteiger partial charge in [-0.2, -0.15) is 0 Å². The first-order valence-corrected chi connectivity index (χ1v) is 6.35. The van der Waals surface area contributed by atoms with Crippen molar-refractivity contribution >= 4 is 11.4 Å². The highest BCUT2D eigenvalue weighted by Crippen LogP contribution is 2.33. The standard InChI is InChI=1S/C16H19FN2/c1-11-7-4-5-10-15(11)19(3)16-13(12(2)18)8-6-9-14(16)17/h4-10,12H,18H2,1-3H3. The summed E-state index contributed by atoms with van der Waals surface area (Å²) in [6.45, 7) is 3.88. The molecule has 0 aliphatic carbocycles. The van der Waals surface area contributed by atoms with E-state index in [-0.39, 0.29) is 11.9 Å². The molecule has 100 valence electrons. The molecule has 0 fully saturated rings. The molecule has 2 nitrogen and oxygen atoms in total. The van der Waals surface area contributed by atoms with Crippen LogP contribution >= 0.6 is 0 Å². The highest BCUT2D eigenvalue weighted by Gasteiger charge is 2.17. The van der Waals surface area contributed by atoms with Crippen molar-refractivity contribution in [2.24, 2.45) is 5.73 Å². The normalized spacial score (nSPS) is 12.3. The highest BCUT2D eigenvalue weighted by atomic mass is 19.1. The van der Waals surface area contributed by atoms with Crippen molar-refractivity contribution in [3.63, 3.8) is 0 Å². The predicted octanol–water partition coefficient (Wildman–Crippen LogP) is 3.92. The highest BCUT2D eigenvalue weighted by molar-refractivity contribution is 5.69. The number of halogens is 1. The predicted molar refractivity (Wildman–Crippen MR) is 78.2 cm³/mol. The minimum absolute atomic E-state index is 0.211. The SMILES string of the molecule is Cc1ccccc1N(C)c1c(F)cccc1C(C)N. The molecule has 2 aromatic rings. The summed E-state index contributed by atoms with van der Waals surface area (Å²) < 4.78 is 14.2. The van der Waals surface area contributed by atoms with Gasteiger partial charge < -0.3 is 10.6 Å². The molecule has 2 aromatic carbocycles. The fourth-order valence-corrected chi connectivity index (χ4v) is 2.31. The van der Waals surface area contributed by atoms with E-state index in [0.717, 1.165) is 16.8 Å². The maximum absolute atomic E-state index is 14.2. The number of anilines is 2. The number of nitrogens with two attached hydrogens (primary N) is 1. The van der Waals surface area contributed by atoms with Crippen molar-refractivity contribution in [3.05, 3.63) is 59.4 Å². The van der Waals surface area contributed by atoms with Crippen molar-refractivity contribution < 1.29 is 4.39 Å². The number of hydrogen-bond donors (Lipinski definition) is 1. The van der Waals surface area contributed by atoms with E-state index in [1.165, 1.54) is 6.07 Å². The summed E-state index contributed by atoms with van der Waals surface area (Å²) in [5.41, 5.74) is 9.38. The molecule has 0 heterocycles. The minimum Gasteiger partial charge on any atom is -0.342 e. The van der Waals surface area contributed by atoms with Crippen LogP contribution in [0.25, 0.3) is 0 Å². The number of aryl methyl sites for hydroxylation is 1. The first-order chi connectivity index (χ1) is 9.02.